The number of nitrogens with zero attached hydrogens (tertiary/aromatic N) is 2. The van der Waals surface area contributed by atoms with Crippen molar-refractivity contribution in [3.8, 4) is 0 Å². The summed E-state index contributed by atoms with van der Waals surface area (Å²) in [5.74, 6) is -1.45. The smallest absolute Gasteiger partial charge is 0.372 e. The van der Waals surface area contributed by atoms with E-state index in [0.717, 1.165) is 6.42 Å². The third-order valence-corrected chi connectivity index (χ3v) is 3.37. The average molecular weight is 310 g/mol. The van der Waals surface area contributed by atoms with Gasteiger partial charge in [-0.1, -0.05) is 18.5 Å². The molecule has 2 N–H and O–H groups in total. The minimum atomic E-state index is -1.10. The second kappa shape index (κ2) is 6.13. The highest BCUT2D eigenvalue weighted by molar-refractivity contribution is 6.34. The number of carboxylic acid groups (broad SMARTS) is 1. The van der Waals surface area contributed by atoms with E-state index in [0.29, 0.717) is 29.7 Å². The van der Waals surface area contributed by atoms with Gasteiger partial charge in [-0.25, -0.2) is 9.78 Å². The highest BCUT2D eigenvalue weighted by Gasteiger charge is 2.19. The summed E-state index contributed by atoms with van der Waals surface area (Å²) in [6, 6.07) is 3.12. The lowest BCUT2D eigenvalue weighted by Crippen LogP contribution is -2.22. The van der Waals surface area contributed by atoms with Gasteiger partial charge in [0.1, 0.15) is 0 Å². The molecule has 112 valence electrons. The maximum atomic E-state index is 11.9. The summed E-state index contributed by atoms with van der Waals surface area (Å²) in [7, 11) is 0. The van der Waals surface area contributed by atoms with Crippen LogP contribution in [0.3, 0.4) is 0 Å². The number of hydrogen-bond donors (Lipinski definition) is 2. The van der Waals surface area contributed by atoms with Crippen molar-refractivity contribution in [1.29, 1.82) is 0 Å². The van der Waals surface area contributed by atoms with Crippen molar-refractivity contribution in [2.24, 2.45) is 0 Å². The molecular weight excluding hydrogens is 294 g/mol. The van der Waals surface area contributed by atoms with E-state index in [1.165, 1.54) is 6.07 Å². The Bertz CT molecular complexity index is 709. The second-order valence-electron chi connectivity index (χ2n) is 4.57. The van der Waals surface area contributed by atoms with Crippen molar-refractivity contribution >= 4 is 34.5 Å². The number of carbonyl (C=O) groups is 2. The molecule has 0 aliphatic heterocycles. The van der Waals surface area contributed by atoms with E-state index in [1.54, 1.807) is 10.6 Å². The molecule has 1 aromatic heterocycles. The van der Waals surface area contributed by atoms with Crippen LogP contribution in [0.2, 0.25) is 5.02 Å². The molecule has 0 radical (unpaired) electrons. The standard InChI is InChI=1S/C14H16ClN3O3/c1-3-5-18-11-7-9(15)8(13(19)16-4-2)6-10(11)17-12(18)14(20)21/h6-7H,3-5H2,1-2H3,(H,16,19)(H,20,21). The molecule has 2 rings (SSSR count). The minimum absolute atomic E-state index is 0.0454. The number of fused-ring (bicyclic) bond motifs is 1. The van der Waals surface area contributed by atoms with E-state index >= 15 is 0 Å². The van der Waals surface area contributed by atoms with Crippen LogP contribution >= 0.6 is 11.6 Å². The number of hydrogen-bond acceptors (Lipinski definition) is 3. The van der Waals surface area contributed by atoms with Gasteiger partial charge in [0.25, 0.3) is 5.91 Å². The summed E-state index contributed by atoms with van der Waals surface area (Å²) >= 11 is 6.15. The maximum absolute atomic E-state index is 11.9. The van der Waals surface area contributed by atoms with Gasteiger partial charge in [0.2, 0.25) is 5.82 Å². The summed E-state index contributed by atoms with van der Waals surface area (Å²) in [5.41, 5.74) is 1.36. The van der Waals surface area contributed by atoms with Crippen molar-refractivity contribution in [2.75, 3.05) is 6.54 Å². The first-order valence-corrected chi connectivity index (χ1v) is 7.08. The van der Waals surface area contributed by atoms with Crippen LogP contribution in [0.4, 0.5) is 0 Å². The topological polar surface area (TPSA) is 84.2 Å². The normalized spacial score (nSPS) is 10.8. The quantitative estimate of drug-likeness (QED) is 0.889. The number of aryl methyl sites for hydroxylation is 1. The summed E-state index contributed by atoms with van der Waals surface area (Å²) in [4.78, 5) is 27.3. The minimum Gasteiger partial charge on any atom is -0.475 e. The number of aromatic carboxylic acids is 1. The monoisotopic (exact) mass is 309 g/mol. The van der Waals surface area contributed by atoms with Crippen LogP contribution in [0.25, 0.3) is 11.0 Å². The SMILES string of the molecule is CCCn1c(C(=O)O)nc2cc(C(=O)NCC)c(Cl)cc21. The highest BCUT2D eigenvalue weighted by Crippen LogP contribution is 2.25. The van der Waals surface area contributed by atoms with Gasteiger partial charge in [-0.15, -0.1) is 0 Å². The van der Waals surface area contributed by atoms with Crippen LogP contribution in [0.5, 0.6) is 0 Å². The Morgan fingerprint density at radius 2 is 2.10 bits per heavy atom. The molecule has 2 aromatic rings. The van der Waals surface area contributed by atoms with Gasteiger partial charge < -0.3 is 15.0 Å². The Kier molecular flexibility index (Phi) is 4.47. The molecule has 0 fully saturated rings. The summed E-state index contributed by atoms with van der Waals surface area (Å²) in [6.07, 6.45) is 0.765. The molecule has 21 heavy (non-hydrogen) atoms. The number of carbonyl (C=O) groups excluding carboxylic acids is 1. The number of amides is 1. The van der Waals surface area contributed by atoms with E-state index in [1.807, 2.05) is 13.8 Å². The van der Waals surface area contributed by atoms with Crippen molar-refractivity contribution in [2.45, 2.75) is 26.8 Å². The van der Waals surface area contributed by atoms with E-state index in [-0.39, 0.29) is 16.8 Å². The molecule has 0 saturated carbocycles. The zero-order valence-electron chi connectivity index (χ0n) is 11.8. The molecule has 0 atom stereocenters. The lowest BCUT2D eigenvalue weighted by molar-refractivity contribution is 0.0678. The van der Waals surface area contributed by atoms with Crippen LogP contribution in [0.15, 0.2) is 12.1 Å². The Morgan fingerprint density at radius 1 is 1.38 bits per heavy atom. The first kappa shape index (κ1) is 15.3. The highest BCUT2D eigenvalue weighted by atomic mass is 35.5. The fraction of sp³-hybridized carbons (Fsp3) is 0.357. The average Bonchev–Trinajstić information content (AvgIpc) is 2.77. The van der Waals surface area contributed by atoms with E-state index < -0.39 is 5.97 Å². The third kappa shape index (κ3) is 2.85. The largest absolute Gasteiger partial charge is 0.475 e. The predicted octanol–water partition coefficient (Wildman–Crippen LogP) is 2.55. The molecule has 0 unspecified atom stereocenters. The molecule has 0 spiro atoms. The van der Waals surface area contributed by atoms with Crippen molar-refractivity contribution < 1.29 is 14.7 Å². The Morgan fingerprint density at radius 3 is 2.67 bits per heavy atom. The summed E-state index contributed by atoms with van der Waals surface area (Å²) < 4.78 is 1.60. The molecule has 1 heterocycles. The number of aromatic nitrogens is 2. The second-order valence-corrected chi connectivity index (χ2v) is 4.98. The summed E-state index contributed by atoms with van der Waals surface area (Å²) in [5, 5.41) is 12.2. The van der Waals surface area contributed by atoms with Gasteiger partial charge in [-0.3, -0.25) is 4.79 Å². The number of benzene rings is 1. The molecule has 0 saturated heterocycles. The van der Waals surface area contributed by atoms with Gasteiger partial charge in [0.15, 0.2) is 0 Å². The Labute approximate surface area is 126 Å². The van der Waals surface area contributed by atoms with E-state index in [9.17, 15) is 14.7 Å². The zero-order valence-corrected chi connectivity index (χ0v) is 12.6. The Hall–Kier alpha value is -2.08. The number of nitrogens with one attached hydrogen (secondary N) is 1. The third-order valence-electron chi connectivity index (χ3n) is 3.06. The van der Waals surface area contributed by atoms with Crippen LogP contribution in [-0.2, 0) is 6.54 Å². The number of imidazole rings is 1. The molecular formula is C14H16ClN3O3. The molecule has 0 aliphatic rings. The molecule has 1 amide bonds. The van der Waals surface area contributed by atoms with Crippen LogP contribution in [-0.4, -0.2) is 33.1 Å². The molecule has 0 bridgehead atoms. The number of carboxylic acids is 1. The maximum Gasteiger partial charge on any atom is 0.372 e. The Balaban J connectivity index is 2.64. The lowest BCUT2D eigenvalue weighted by Gasteiger charge is -2.07. The first-order valence-electron chi connectivity index (χ1n) is 6.70. The lowest BCUT2D eigenvalue weighted by atomic mass is 10.2. The number of rotatable bonds is 5. The summed E-state index contributed by atoms with van der Waals surface area (Å²) in [6.45, 7) is 4.76. The molecule has 0 aliphatic carbocycles. The molecule has 1 aromatic carbocycles. The zero-order chi connectivity index (χ0) is 15.6. The fourth-order valence-electron chi connectivity index (χ4n) is 2.19. The van der Waals surface area contributed by atoms with Crippen LogP contribution in [0, 0.1) is 0 Å². The van der Waals surface area contributed by atoms with E-state index in [4.69, 9.17) is 11.6 Å². The van der Waals surface area contributed by atoms with Crippen molar-refractivity contribution in [1.82, 2.24) is 14.9 Å². The number of halogens is 1. The molecule has 7 heteroatoms. The van der Waals surface area contributed by atoms with Crippen molar-refractivity contribution in [3.63, 3.8) is 0 Å². The first-order chi connectivity index (χ1) is 9.99. The predicted molar refractivity (Wildman–Crippen MR) is 80.0 cm³/mol. The van der Waals surface area contributed by atoms with Gasteiger partial charge in [-0.2, -0.15) is 0 Å². The van der Waals surface area contributed by atoms with E-state index in [2.05, 4.69) is 10.3 Å². The van der Waals surface area contributed by atoms with Gasteiger partial charge in [0.05, 0.1) is 21.6 Å². The van der Waals surface area contributed by atoms with Gasteiger partial charge in [-0.05, 0) is 25.5 Å². The van der Waals surface area contributed by atoms with Gasteiger partial charge in [0, 0.05) is 13.1 Å². The van der Waals surface area contributed by atoms with Crippen LogP contribution < -0.4 is 5.32 Å². The van der Waals surface area contributed by atoms with Crippen molar-refractivity contribution in [3.05, 3.63) is 28.5 Å². The van der Waals surface area contributed by atoms with Crippen LogP contribution in [0.1, 0.15) is 41.2 Å². The van der Waals surface area contributed by atoms with Gasteiger partial charge >= 0.3 is 5.97 Å². The fourth-order valence-corrected chi connectivity index (χ4v) is 2.43. The molecule has 6 nitrogen and oxygen atoms in total.